The molecular weight excluding hydrogens is 265 g/mol. The zero-order chi connectivity index (χ0) is 11.5. The third-order valence-corrected chi connectivity index (χ3v) is 2.91. The fourth-order valence-electron chi connectivity index (χ4n) is 1.66. The summed E-state index contributed by atoms with van der Waals surface area (Å²) in [5.41, 5.74) is 3.55. The van der Waals surface area contributed by atoms with Gasteiger partial charge in [-0.2, -0.15) is 0 Å². The Balaban J connectivity index is 2.65. The Morgan fingerprint density at radius 2 is 1.81 bits per heavy atom. The summed E-state index contributed by atoms with van der Waals surface area (Å²) in [5.74, 6) is 0. The zero-order valence-corrected chi connectivity index (χ0v) is 10.5. The van der Waals surface area contributed by atoms with Gasteiger partial charge in [-0.05, 0) is 0 Å². The van der Waals surface area contributed by atoms with Crippen molar-refractivity contribution < 1.29 is 4.79 Å². The van der Waals surface area contributed by atoms with Gasteiger partial charge in [0.1, 0.15) is 0 Å². The maximum absolute atomic E-state index is 11.5. The Bertz CT molecular complexity index is 537. The van der Waals surface area contributed by atoms with Crippen LogP contribution in [0.5, 0.6) is 0 Å². The van der Waals surface area contributed by atoms with Crippen LogP contribution in [0.2, 0.25) is 0 Å². The molecule has 1 heterocycles. The molecule has 0 aliphatic carbocycles. The number of aromatic nitrogens is 1. The van der Waals surface area contributed by atoms with Crippen LogP contribution in [0.4, 0.5) is 0 Å². The number of hydrogen-bond acceptors (Lipinski definition) is 2. The molecule has 0 unspecified atom stereocenters. The third kappa shape index (κ3) is 2.06. The van der Waals surface area contributed by atoms with Gasteiger partial charge in [-0.15, -0.1) is 0 Å². The molecule has 0 saturated heterocycles. The monoisotopic (exact) mass is 276 g/mol. The molecular formula is C13H10NOSe. The normalized spacial score (nSPS) is 10.1. The van der Waals surface area contributed by atoms with Gasteiger partial charge in [0.15, 0.2) is 0 Å². The standard InChI is InChI=1S/C13H10NOSe/c1-9-10(7-4-8-14-9)11-5-2-3-6-12(11)13(15)16/h2-8H,1H3. The quantitative estimate of drug-likeness (QED) is 0.788. The first-order chi connectivity index (χ1) is 7.70. The van der Waals surface area contributed by atoms with E-state index < -0.39 is 0 Å². The van der Waals surface area contributed by atoms with Gasteiger partial charge in [-0.3, -0.25) is 0 Å². The van der Waals surface area contributed by atoms with Crippen LogP contribution in [0.15, 0.2) is 42.6 Å². The molecule has 0 aliphatic rings. The molecule has 0 N–H and O–H groups in total. The van der Waals surface area contributed by atoms with Crippen LogP contribution in [0.25, 0.3) is 11.1 Å². The van der Waals surface area contributed by atoms with Crippen molar-refractivity contribution in [2.75, 3.05) is 0 Å². The van der Waals surface area contributed by atoms with E-state index >= 15 is 0 Å². The van der Waals surface area contributed by atoms with Crippen LogP contribution >= 0.6 is 0 Å². The van der Waals surface area contributed by atoms with Crippen molar-refractivity contribution in [2.24, 2.45) is 0 Å². The Morgan fingerprint density at radius 1 is 1.12 bits per heavy atom. The number of carbonyl (C=O) groups is 1. The second-order valence-corrected chi connectivity index (χ2v) is 4.25. The number of carbonyl (C=O) groups excluding carboxylic acids is 1. The Hall–Kier alpha value is -1.44. The number of benzene rings is 1. The Kier molecular flexibility index (Phi) is 3.18. The van der Waals surface area contributed by atoms with Gasteiger partial charge in [-0.25, -0.2) is 0 Å². The second kappa shape index (κ2) is 4.60. The molecule has 0 spiro atoms. The summed E-state index contributed by atoms with van der Waals surface area (Å²) in [6.07, 6.45) is 1.75. The number of pyridine rings is 1. The molecule has 1 radical (unpaired) electrons. The summed E-state index contributed by atoms with van der Waals surface area (Å²) in [4.78, 5) is 15.7. The van der Waals surface area contributed by atoms with Crippen molar-refractivity contribution in [3.63, 3.8) is 0 Å². The van der Waals surface area contributed by atoms with Crippen molar-refractivity contribution in [3.8, 4) is 11.1 Å². The van der Waals surface area contributed by atoms with E-state index in [1.165, 1.54) is 0 Å². The molecule has 16 heavy (non-hydrogen) atoms. The fraction of sp³-hybridized carbons (Fsp3) is 0.0769. The second-order valence-electron chi connectivity index (χ2n) is 3.47. The molecule has 79 valence electrons. The first-order valence-electron chi connectivity index (χ1n) is 4.92. The van der Waals surface area contributed by atoms with Crippen LogP contribution in [0, 0.1) is 6.92 Å². The van der Waals surface area contributed by atoms with Crippen molar-refractivity contribution in [1.82, 2.24) is 4.98 Å². The molecule has 0 saturated carbocycles. The number of nitrogens with zero attached hydrogens (tertiary/aromatic N) is 1. The Morgan fingerprint density at radius 3 is 2.50 bits per heavy atom. The van der Waals surface area contributed by atoms with E-state index in [4.69, 9.17) is 0 Å². The third-order valence-electron chi connectivity index (χ3n) is 2.44. The summed E-state index contributed by atoms with van der Waals surface area (Å²) in [5, 5.41) is 0. The van der Waals surface area contributed by atoms with E-state index in [0.29, 0.717) is 5.56 Å². The molecule has 2 nitrogen and oxygen atoms in total. The SMILES string of the molecule is Cc1ncccc1-c1ccccc1C(=O)[Se]. The fourth-order valence-corrected chi connectivity index (χ4v) is 2.04. The van der Waals surface area contributed by atoms with Crippen LogP contribution in [-0.2, 0) is 0 Å². The summed E-state index contributed by atoms with van der Waals surface area (Å²) in [6.45, 7) is 1.94. The molecule has 1 aromatic carbocycles. The van der Waals surface area contributed by atoms with Gasteiger partial charge in [0, 0.05) is 0 Å². The van der Waals surface area contributed by atoms with E-state index in [1.807, 2.05) is 43.3 Å². The molecule has 2 rings (SSSR count). The van der Waals surface area contributed by atoms with E-state index in [-0.39, 0.29) is 4.68 Å². The van der Waals surface area contributed by atoms with Crippen LogP contribution in [-0.4, -0.2) is 25.7 Å². The van der Waals surface area contributed by atoms with Gasteiger partial charge < -0.3 is 0 Å². The predicted octanol–water partition coefficient (Wildman–Crippen LogP) is 2.37. The van der Waals surface area contributed by atoms with Crippen molar-refractivity contribution in [2.45, 2.75) is 6.92 Å². The first-order valence-corrected chi connectivity index (χ1v) is 5.78. The Labute approximate surface area is 103 Å². The first kappa shape index (κ1) is 11.1. The van der Waals surface area contributed by atoms with Crippen molar-refractivity contribution in [3.05, 3.63) is 53.9 Å². The molecule has 0 atom stereocenters. The number of hydrogen-bond donors (Lipinski definition) is 0. The molecule has 0 amide bonds. The summed E-state index contributed by atoms with van der Waals surface area (Å²) >= 11 is 2.53. The number of aryl methyl sites for hydroxylation is 1. The summed E-state index contributed by atoms with van der Waals surface area (Å²) < 4.78 is -0.0427. The van der Waals surface area contributed by atoms with Crippen molar-refractivity contribution >= 4 is 20.7 Å². The average molecular weight is 275 g/mol. The predicted molar refractivity (Wildman–Crippen MR) is 64.5 cm³/mol. The zero-order valence-electron chi connectivity index (χ0n) is 8.81. The molecule has 0 bridgehead atoms. The van der Waals surface area contributed by atoms with Gasteiger partial charge in [0.05, 0.1) is 0 Å². The van der Waals surface area contributed by atoms with E-state index in [1.54, 1.807) is 6.20 Å². The van der Waals surface area contributed by atoms with Crippen LogP contribution in [0.3, 0.4) is 0 Å². The molecule has 2 aromatic rings. The maximum atomic E-state index is 11.5. The molecule has 3 heteroatoms. The topological polar surface area (TPSA) is 30.0 Å². The summed E-state index contributed by atoms with van der Waals surface area (Å²) in [7, 11) is 0. The minimum atomic E-state index is -0.0427. The molecule has 1 aromatic heterocycles. The molecule has 0 aliphatic heterocycles. The number of rotatable bonds is 2. The van der Waals surface area contributed by atoms with E-state index in [0.717, 1.165) is 16.8 Å². The van der Waals surface area contributed by atoms with Gasteiger partial charge in [0.25, 0.3) is 0 Å². The van der Waals surface area contributed by atoms with Crippen LogP contribution in [0.1, 0.15) is 16.1 Å². The van der Waals surface area contributed by atoms with E-state index in [9.17, 15) is 4.79 Å². The van der Waals surface area contributed by atoms with E-state index in [2.05, 4.69) is 21.0 Å². The average Bonchev–Trinajstić information content (AvgIpc) is 2.29. The minimum absolute atomic E-state index is 0.0427. The van der Waals surface area contributed by atoms with Gasteiger partial charge in [0.2, 0.25) is 0 Å². The van der Waals surface area contributed by atoms with Gasteiger partial charge >= 0.3 is 102 Å². The van der Waals surface area contributed by atoms with Crippen molar-refractivity contribution in [1.29, 1.82) is 0 Å². The summed E-state index contributed by atoms with van der Waals surface area (Å²) in [6, 6.07) is 11.4. The van der Waals surface area contributed by atoms with Gasteiger partial charge in [-0.1, -0.05) is 0 Å². The van der Waals surface area contributed by atoms with Crippen LogP contribution < -0.4 is 0 Å². The molecule has 0 fully saturated rings.